The highest BCUT2D eigenvalue weighted by atomic mass is 16.6. The van der Waals surface area contributed by atoms with Gasteiger partial charge in [-0.2, -0.15) is 0 Å². The first kappa shape index (κ1) is 28.2. The normalized spacial score (nSPS) is 11.4. The highest BCUT2D eigenvalue weighted by molar-refractivity contribution is 5.99. The molecular formula is C28H34N4O6. The summed E-state index contributed by atoms with van der Waals surface area (Å²) in [4.78, 5) is 26.0. The third-order valence-electron chi connectivity index (χ3n) is 4.77. The molecule has 0 saturated heterocycles. The highest BCUT2D eigenvalue weighted by Crippen LogP contribution is 2.24. The maximum Gasteiger partial charge on any atom is 0.417 e. The average Bonchev–Trinajstić information content (AvgIpc) is 3.28. The number of rotatable bonds is 6. The number of amides is 2. The molecule has 0 aliphatic carbocycles. The summed E-state index contributed by atoms with van der Waals surface area (Å²) < 4.78 is 21.9. The Bertz CT molecular complexity index is 1240. The third-order valence-corrected chi connectivity index (χ3v) is 4.77. The molecule has 3 aromatic rings. The molecule has 0 aliphatic rings. The minimum atomic E-state index is -0.871. The van der Waals surface area contributed by atoms with Gasteiger partial charge >= 0.3 is 12.2 Å². The van der Waals surface area contributed by atoms with Gasteiger partial charge in [0.1, 0.15) is 29.3 Å². The van der Waals surface area contributed by atoms with Crippen LogP contribution in [0.1, 0.15) is 52.9 Å². The SMILES string of the molecule is CC(C)(C)OC(=O)NC(=N)N(Cc1cc(-c2ccc(OCc3ccccc3)cc2)no1)C(=O)OC(C)(C)C. The van der Waals surface area contributed by atoms with E-state index in [1.165, 1.54) is 0 Å². The van der Waals surface area contributed by atoms with Crippen LogP contribution in [0.5, 0.6) is 5.75 Å². The van der Waals surface area contributed by atoms with Crippen molar-refractivity contribution in [1.29, 1.82) is 5.41 Å². The van der Waals surface area contributed by atoms with Crippen LogP contribution in [0.4, 0.5) is 9.59 Å². The molecule has 0 atom stereocenters. The number of carbonyl (C=O) groups excluding carboxylic acids is 2. The van der Waals surface area contributed by atoms with Crippen molar-refractivity contribution in [2.24, 2.45) is 0 Å². The highest BCUT2D eigenvalue weighted by Gasteiger charge is 2.29. The van der Waals surface area contributed by atoms with Gasteiger partial charge in [0.25, 0.3) is 0 Å². The van der Waals surface area contributed by atoms with Gasteiger partial charge in [-0.1, -0.05) is 35.5 Å². The van der Waals surface area contributed by atoms with Gasteiger partial charge in [-0.25, -0.2) is 14.5 Å². The zero-order valence-corrected chi connectivity index (χ0v) is 22.5. The molecule has 2 amide bonds. The molecule has 10 nitrogen and oxygen atoms in total. The van der Waals surface area contributed by atoms with E-state index in [2.05, 4.69) is 10.5 Å². The minimum absolute atomic E-state index is 0.200. The van der Waals surface area contributed by atoms with E-state index in [0.29, 0.717) is 18.1 Å². The molecule has 38 heavy (non-hydrogen) atoms. The molecule has 202 valence electrons. The molecular weight excluding hydrogens is 488 g/mol. The van der Waals surface area contributed by atoms with E-state index in [9.17, 15) is 9.59 Å². The maximum atomic E-state index is 12.8. The third kappa shape index (κ3) is 8.95. The Balaban J connectivity index is 1.69. The van der Waals surface area contributed by atoms with Crippen LogP contribution < -0.4 is 10.1 Å². The Morgan fingerprint density at radius 1 is 0.947 bits per heavy atom. The molecule has 0 fully saturated rings. The summed E-state index contributed by atoms with van der Waals surface area (Å²) >= 11 is 0. The second kappa shape index (κ2) is 11.8. The van der Waals surface area contributed by atoms with E-state index in [4.69, 9.17) is 24.1 Å². The number of carbonyl (C=O) groups is 2. The van der Waals surface area contributed by atoms with Crippen molar-refractivity contribution in [2.45, 2.75) is 65.9 Å². The second-order valence-electron chi connectivity index (χ2n) is 10.5. The molecule has 0 aliphatic heterocycles. The number of nitrogens with one attached hydrogen (secondary N) is 2. The molecule has 3 rings (SSSR count). The lowest BCUT2D eigenvalue weighted by atomic mass is 10.1. The first-order valence-corrected chi connectivity index (χ1v) is 12.1. The Morgan fingerprint density at radius 3 is 2.18 bits per heavy atom. The van der Waals surface area contributed by atoms with Gasteiger partial charge in [-0.05, 0) is 71.4 Å². The molecule has 0 saturated carbocycles. The summed E-state index contributed by atoms with van der Waals surface area (Å²) in [5.41, 5.74) is 0.781. The molecule has 2 N–H and O–H groups in total. The van der Waals surface area contributed by atoms with Gasteiger partial charge in [0.2, 0.25) is 5.96 Å². The standard InChI is InChI=1S/C28H34N4O6/c1-27(2,3)36-25(33)30-24(29)32(26(34)37-28(4,5)6)17-22-16-23(31-38-22)20-12-14-21(15-13-20)35-18-19-10-8-7-9-11-19/h7-16H,17-18H2,1-6H3,(H2,29,30,33). The van der Waals surface area contributed by atoms with Gasteiger partial charge in [-0.3, -0.25) is 10.7 Å². The van der Waals surface area contributed by atoms with Gasteiger partial charge < -0.3 is 18.7 Å². The fraction of sp³-hybridized carbons (Fsp3) is 0.357. The fourth-order valence-corrected chi connectivity index (χ4v) is 3.16. The van der Waals surface area contributed by atoms with Crippen molar-refractivity contribution >= 4 is 18.1 Å². The van der Waals surface area contributed by atoms with E-state index in [1.807, 2.05) is 54.6 Å². The van der Waals surface area contributed by atoms with Crippen molar-refractivity contribution in [3.63, 3.8) is 0 Å². The molecule has 0 unspecified atom stereocenters. The summed E-state index contributed by atoms with van der Waals surface area (Å²) in [6, 6.07) is 18.9. The van der Waals surface area contributed by atoms with Crippen molar-refractivity contribution in [3.8, 4) is 17.0 Å². The van der Waals surface area contributed by atoms with E-state index >= 15 is 0 Å². The number of guanidine groups is 1. The summed E-state index contributed by atoms with van der Waals surface area (Å²) in [7, 11) is 0. The van der Waals surface area contributed by atoms with Crippen LogP contribution in [0, 0.1) is 5.41 Å². The summed E-state index contributed by atoms with van der Waals surface area (Å²) in [6.07, 6.45) is -1.71. The fourth-order valence-electron chi connectivity index (χ4n) is 3.16. The maximum absolute atomic E-state index is 12.8. The van der Waals surface area contributed by atoms with Crippen LogP contribution in [0.2, 0.25) is 0 Å². The predicted molar refractivity (Wildman–Crippen MR) is 142 cm³/mol. The van der Waals surface area contributed by atoms with Crippen LogP contribution >= 0.6 is 0 Å². The van der Waals surface area contributed by atoms with Gasteiger partial charge in [-0.15, -0.1) is 0 Å². The van der Waals surface area contributed by atoms with Gasteiger partial charge in [0.15, 0.2) is 5.76 Å². The summed E-state index contributed by atoms with van der Waals surface area (Å²) in [6.45, 7) is 10.4. The predicted octanol–water partition coefficient (Wildman–Crippen LogP) is 6.12. The van der Waals surface area contributed by atoms with Gasteiger partial charge in [0, 0.05) is 11.6 Å². The molecule has 0 bridgehead atoms. The Kier molecular flexibility index (Phi) is 8.77. The number of ether oxygens (including phenoxy) is 3. The van der Waals surface area contributed by atoms with Crippen molar-refractivity contribution in [3.05, 3.63) is 72.0 Å². The lowest BCUT2D eigenvalue weighted by molar-refractivity contribution is 0.0335. The number of aromatic nitrogens is 1. The Morgan fingerprint density at radius 2 is 1.58 bits per heavy atom. The summed E-state index contributed by atoms with van der Waals surface area (Å²) in [5.74, 6) is 0.469. The van der Waals surface area contributed by atoms with Crippen molar-refractivity contribution in [2.75, 3.05) is 0 Å². The van der Waals surface area contributed by atoms with Crippen molar-refractivity contribution < 1.29 is 28.3 Å². The Hall–Kier alpha value is -4.34. The molecule has 0 radical (unpaired) electrons. The number of benzene rings is 2. The monoisotopic (exact) mass is 522 g/mol. The minimum Gasteiger partial charge on any atom is -0.489 e. The Labute approximate surface area is 222 Å². The van der Waals surface area contributed by atoms with Crippen LogP contribution in [0.15, 0.2) is 65.2 Å². The van der Waals surface area contributed by atoms with Gasteiger partial charge in [0.05, 0.1) is 6.54 Å². The number of alkyl carbamates (subject to hydrolysis) is 1. The molecule has 1 heterocycles. The number of nitrogens with zero attached hydrogens (tertiary/aromatic N) is 2. The van der Waals surface area contributed by atoms with E-state index in [1.54, 1.807) is 47.6 Å². The average molecular weight is 523 g/mol. The van der Waals surface area contributed by atoms with E-state index < -0.39 is 29.3 Å². The van der Waals surface area contributed by atoms with Crippen LogP contribution in [-0.4, -0.2) is 39.4 Å². The zero-order chi connectivity index (χ0) is 27.9. The number of hydrogen-bond donors (Lipinski definition) is 2. The number of hydrogen-bond acceptors (Lipinski definition) is 8. The van der Waals surface area contributed by atoms with E-state index in [0.717, 1.165) is 16.0 Å². The molecule has 2 aromatic carbocycles. The van der Waals surface area contributed by atoms with Crippen LogP contribution in [0.25, 0.3) is 11.3 Å². The smallest absolute Gasteiger partial charge is 0.417 e. The van der Waals surface area contributed by atoms with E-state index in [-0.39, 0.29) is 12.3 Å². The summed E-state index contributed by atoms with van der Waals surface area (Å²) in [5, 5.41) is 14.7. The quantitative estimate of drug-likeness (QED) is 0.295. The molecule has 1 aromatic heterocycles. The van der Waals surface area contributed by atoms with Crippen LogP contribution in [-0.2, 0) is 22.6 Å². The van der Waals surface area contributed by atoms with Crippen LogP contribution in [0.3, 0.4) is 0 Å². The molecule has 10 heteroatoms. The van der Waals surface area contributed by atoms with Crippen molar-refractivity contribution in [1.82, 2.24) is 15.4 Å². The lowest BCUT2D eigenvalue weighted by Gasteiger charge is -2.27. The topological polar surface area (TPSA) is 127 Å². The molecule has 0 spiro atoms. The first-order chi connectivity index (χ1) is 17.8. The second-order valence-corrected chi connectivity index (χ2v) is 10.5. The lowest BCUT2D eigenvalue weighted by Crippen LogP contribution is -2.48. The first-order valence-electron chi connectivity index (χ1n) is 12.1. The largest absolute Gasteiger partial charge is 0.489 e. The zero-order valence-electron chi connectivity index (χ0n) is 22.5.